The van der Waals surface area contributed by atoms with Crippen molar-refractivity contribution in [2.24, 2.45) is 0 Å². The van der Waals surface area contributed by atoms with Crippen molar-refractivity contribution in [3.63, 3.8) is 0 Å². The number of ether oxygens (including phenoxy) is 3. The molecule has 0 aliphatic carbocycles. The number of nitrogens with zero attached hydrogens (tertiary/aromatic N) is 1. The molecule has 0 fully saturated rings. The Kier molecular flexibility index (Phi) is 11.8. The first-order valence-electron chi connectivity index (χ1n) is 10.5. The summed E-state index contributed by atoms with van der Waals surface area (Å²) in [4.78, 5) is 24.7. The van der Waals surface area contributed by atoms with E-state index in [9.17, 15) is 18.4 Å². The Morgan fingerprint density at radius 1 is 1.10 bits per heavy atom. The zero-order valence-electron chi connectivity index (χ0n) is 18.4. The summed E-state index contributed by atoms with van der Waals surface area (Å²) < 4.78 is 41.8. The van der Waals surface area contributed by atoms with E-state index in [4.69, 9.17) is 19.3 Å². The Labute approximate surface area is 182 Å². The summed E-state index contributed by atoms with van der Waals surface area (Å²) in [7, 11) is 0. The molecule has 0 bridgehead atoms. The molecule has 0 aromatic heterocycles. The number of halogens is 2. The van der Waals surface area contributed by atoms with Crippen LogP contribution in [0.2, 0.25) is 0 Å². The van der Waals surface area contributed by atoms with Gasteiger partial charge in [0.15, 0.2) is 6.10 Å². The van der Waals surface area contributed by atoms with E-state index in [1.165, 1.54) is 4.90 Å². The number of carbonyl (C=O) groups is 2. The minimum atomic E-state index is -2.71. The third-order valence-corrected chi connectivity index (χ3v) is 4.44. The van der Waals surface area contributed by atoms with Crippen LogP contribution in [0.1, 0.15) is 45.6 Å². The molecule has 0 saturated carbocycles. The lowest BCUT2D eigenvalue weighted by Crippen LogP contribution is -2.36. The van der Waals surface area contributed by atoms with Gasteiger partial charge in [0.2, 0.25) is 5.92 Å². The third-order valence-electron chi connectivity index (χ3n) is 4.44. The minimum Gasteiger partial charge on any atom is -0.492 e. The first kappa shape index (κ1) is 26.6. The zero-order chi connectivity index (χ0) is 23.3. The van der Waals surface area contributed by atoms with Crippen LogP contribution in [0, 0.1) is 0 Å². The molecule has 1 N–H and O–H groups in total. The van der Waals surface area contributed by atoms with Crippen molar-refractivity contribution in [2.75, 3.05) is 32.9 Å². The maximum Gasteiger partial charge on any atom is 0.409 e. The summed E-state index contributed by atoms with van der Waals surface area (Å²) in [6.45, 7) is 5.64. The Morgan fingerprint density at radius 3 is 2.32 bits per heavy atom. The molecule has 0 heterocycles. The second-order valence-corrected chi connectivity index (χ2v) is 7.19. The Bertz CT molecular complexity index is 663. The van der Waals surface area contributed by atoms with E-state index in [0.717, 1.165) is 12.5 Å². The molecule has 1 amide bonds. The summed E-state index contributed by atoms with van der Waals surface area (Å²) in [5.41, 5.74) is 0.800. The molecule has 1 aromatic rings. The fourth-order valence-corrected chi connectivity index (χ4v) is 2.88. The van der Waals surface area contributed by atoms with Gasteiger partial charge in [-0.05, 0) is 51.3 Å². The van der Waals surface area contributed by atoms with Crippen molar-refractivity contribution in [1.82, 2.24) is 4.90 Å². The number of hydrogen-bond acceptors (Lipinski definition) is 5. The minimum absolute atomic E-state index is 0.207. The highest BCUT2D eigenvalue weighted by Crippen LogP contribution is 2.20. The summed E-state index contributed by atoms with van der Waals surface area (Å²) in [5.74, 6) is -3.15. The lowest BCUT2D eigenvalue weighted by Gasteiger charge is -2.22. The number of alkyl halides is 2. The fourth-order valence-electron chi connectivity index (χ4n) is 2.88. The lowest BCUT2D eigenvalue weighted by molar-refractivity contribution is -0.149. The Morgan fingerprint density at radius 2 is 1.77 bits per heavy atom. The smallest absolute Gasteiger partial charge is 0.409 e. The van der Waals surface area contributed by atoms with E-state index in [1.54, 1.807) is 38.1 Å². The van der Waals surface area contributed by atoms with Crippen LogP contribution in [0.15, 0.2) is 24.3 Å². The molecule has 1 rings (SSSR count). The van der Waals surface area contributed by atoms with Crippen molar-refractivity contribution >= 4 is 12.1 Å². The first-order chi connectivity index (χ1) is 14.7. The normalized spacial score (nSPS) is 12.3. The SMILES string of the molecule is CCOC(=O)N(CCCCC(C)(F)F)CCOc1ccc(CC(OCC)C(=O)O)cc1. The maximum atomic E-state index is 12.9. The van der Waals surface area contributed by atoms with Crippen LogP contribution in [-0.4, -0.2) is 67.0 Å². The van der Waals surface area contributed by atoms with Gasteiger partial charge in [-0.25, -0.2) is 18.4 Å². The molecule has 0 spiro atoms. The van der Waals surface area contributed by atoms with Gasteiger partial charge in [0.25, 0.3) is 0 Å². The predicted octanol–water partition coefficient (Wildman–Crippen LogP) is 4.38. The van der Waals surface area contributed by atoms with Crippen molar-refractivity contribution in [3.8, 4) is 5.75 Å². The molecule has 9 heteroatoms. The maximum absolute atomic E-state index is 12.9. The van der Waals surface area contributed by atoms with Crippen molar-refractivity contribution < 1.29 is 37.7 Å². The van der Waals surface area contributed by atoms with Crippen LogP contribution >= 0.6 is 0 Å². The third kappa shape index (κ3) is 11.5. The Balaban J connectivity index is 2.52. The van der Waals surface area contributed by atoms with Gasteiger partial charge in [-0.2, -0.15) is 0 Å². The number of benzene rings is 1. The molecule has 1 unspecified atom stereocenters. The van der Waals surface area contributed by atoms with E-state index in [1.807, 2.05) is 0 Å². The fraction of sp³-hybridized carbons (Fsp3) is 0.636. The molecule has 176 valence electrons. The van der Waals surface area contributed by atoms with Gasteiger partial charge in [0.05, 0.1) is 13.2 Å². The molecule has 1 aromatic carbocycles. The number of amides is 1. The van der Waals surface area contributed by atoms with Gasteiger partial charge in [-0.15, -0.1) is 0 Å². The van der Waals surface area contributed by atoms with E-state index in [2.05, 4.69) is 0 Å². The molecule has 7 nitrogen and oxygen atoms in total. The highest BCUT2D eigenvalue weighted by atomic mass is 19.3. The summed E-state index contributed by atoms with van der Waals surface area (Å²) in [5, 5.41) is 9.16. The number of unbranched alkanes of at least 4 members (excludes halogenated alkanes) is 1. The van der Waals surface area contributed by atoms with E-state index in [-0.39, 0.29) is 32.6 Å². The molecule has 0 aliphatic heterocycles. The highest BCUT2D eigenvalue weighted by molar-refractivity contribution is 5.72. The molecule has 0 aliphatic rings. The van der Waals surface area contributed by atoms with Crippen LogP contribution < -0.4 is 4.74 Å². The standard InChI is InChI=1S/C22H33F2NO6/c1-4-29-19(20(26)27)16-17-8-10-18(11-9-17)31-15-14-25(21(28)30-5-2)13-7-6-12-22(3,23)24/h8-11,19H,4-7,12-16H2,1-3H3,(H,26,27). The zero-order valence-corrected chi connectivity index (χ0v) is 18.4. The van der Waals surface area contributed by atoms with E-state index < -0.39 is 24.1 Å². The molecule has 0 radical (unpaired) electrons. The van der Waals surface area contributed by atoms with Gasteiger partial charge >= 0.3 is 12.1 Å². The van der Waals surface area contributed by atoms with Crippen molar-refractivity contribution in [1.29, 1.82) is 0 Å². The van der Waals surface area contributed by atoms with Gasteiger partial charge in [-0.3, -0.25) is 0 Å². The molecular weight excluding hydrogens is 412 g/mol. The summed E-state index contributed by atoms with van der Waals surface area (Å²) in [6, 6.07) is 6.97. The van der Waals surface area contributed by atoms with Gasteiger partial charge < -0.3 is 24.2 Å². The highest BCUT2D eigenvalue weighted by Gasteiger charge is 2.21. The van der Waals surface area contributed by atoms with Crippen molar-refractivity contribution in [2.45, 2.75) is 58.5 Å². The number of carboxylic acid groups (broad SMARTS) is 1. The van der Waals surface area contributed by atoms with Crippen LogP contribution in [0.4, 0.5) is 13.6 Å². The number of carboxylic acids is 1. The number of aliphatic carboxylic acids is 1. The molecule has 31 heavy (non-hydrogen) atoms. The summed E-state index contributed by atoms with van der Waals surface area (Å²) >= 11 is 0. The predicted molar refractivity (Wildman–Crippen MR) is 112 cm³/mol. The van der Waals surface area contributed by atoms with Gasteiger partial charge in [0.1, 0.15) is 12.4 Å². The van der Waals surface area contributed by atoms with Crippen LogP contribution in [0.5, 0.6) is 5.75 Å². The van der Waals surface area contributed by atoms with Crippen LogP contribution in [-0.2, 0) is 20.7 Å². The van der Waals surface area contributed by atoms with E-state index in [0.29, 0.717) is 31.7 Å². The van der Waals surface area contributed by atoms with E-state index >= 15 is 0 Å². The topological polar surface area (TPSA) is 85.3 Å². The molecular formula is C22H33F2NO6. The van der Waals surface area contributed by atoms with Crippen LogP contribution in [0.25, 0.3) is 0 Å². The largest absolute Gasteiger partial charge is 0.492 e. The number of carbonyl (C=O) groups excluding carboxylic acids is 1. The average molecular weight is 446 g/mol. The quantitative estimate of drug-likeness (QED) is 0.403. The number of rotatable bonds is 15. The molecule has 1 atom stereocenters. The monoisotopic (exact) mass is 445 g/mol. The first-order valence-corrected chi connectivity index (χ1v) is 10.5. The molecule has 0 saturated heterocycles. The van der Waals surface area contributed by atoms with Crippen LogP contribution in [0.3, 0.4) is 0 Å². The van der Waals surface area contributed by atoms with Gasteiger partial charge in [0, 0.05) is 26.0 Å². The van der Waals surface area contributed by atoms with Crippen molar-refractivity contribution in [3.05, 3.63) is 29.8 Å². The second kappa shape index (κ2) is 13.8. The number of hydrogen-bond donors (Lipinski definition) is 1. The summed E-state index contributed by atoms with van der Waals surface area (Å²) in [6.07, 6.45) is -0.625. The average Bonchev–Trinajstić information content (AvgIpc) is 2.70. The Hall–Kier alpha value is -2.42. The second-order valence-electron chi connectivity index (χ2n) is 7.19. The lowest BCUT2D eigenvalue weighted by atomic mass is 10.1. The van der Waals surface area contributed by atoms with Gasteiger partial charge in [-0.1, -0.05) is 12.1 Å².